The number of benzene rings is 3. The number of morpholine rings is 1. The van der Waals surface area contributed by atoms with E-state index in [9.17, 15) is 19.2 Å². The van der Waals surface area contributed by atoms with E-state index in [2.05, 4.69) is 63.6 Å². The van der Waals surface area contributed by atoms with E-state index in [4.69, 9.17) is 14.2 Å². The molecular formula is C42H44N6O7. The van der Waals surface area contributed by atoms with Gasteiger partial charge in [-0.2, -0.15) is 0 Å². The molecular weight excluding hydrogens is 700 g/mol. The molecule has 3 aliphatic heterocycles. The Kier molecular flexibility index (Phi) is 9.95. The molecule has 4 heterocycles. The summed E-state index contributed by atoms with van der Waals surface area (Å²) in [6, 6.07) is 22.6. The Hall–Kier alpha value is -5.82. The maximum absolute atomic E-state index is 13.3. The number of piperidine rings is 1. The molecule has 1 aliphatic carbocycles. The lowest BCUT2D eigenvalue weighted by molar-refractivity contribution is -0.136. The first-order valence-electron chi connectivity index (χ1n) is 18.9. The molecule has 4 aliphatic rings. The lowest BCUT2D eigenvalue weighted by Crippen LogP contribution is -2.54. The van der Waals surface area contributed by atoms with Crippen LogP contribution in [-0.4, -0.2) is 83.0 Å². The fourth-order valence-corrected chi connectivity index (χ4v) is 7.79. The number of ether oxygens (including phenoxy) is 3. The third kappa shape index (κ3) is 7.61. The van der Waals surface area contributed by atoms with Crippen molar-refractivity contribution in [1.29, 1.82) is 0 Å². The topological polar surface area (TPSA) is 152 Å². The molecule has 284 valence electrons. The zero-order chi connectivity index (χ0) is 38.1. The highest BCUT2D eigenvalue weighted by Crippen LogP contribution is 2.35. The molecule has 13 heteroatoms. The number of imide groups is 2. The molecule has 3 unspecified atom stereocenters. The predicted octanol–water partition coefficient (Wildman–Crippen LogP) is 5.03. The number of hydrogen-bond donors (Lipinski definition) is 2. The first-order valence-corrected chi connectivity index (χ1v) is 18.9. The molecule has 0 radical (unpaired) electrons. The van der Waals surface area contributed by atoms with Crippen LogP contribution in [0.1, 0.15) is 83.5 Å². The van der Waals surface area contributed by atoms with Gasteiger partial charge in [0.15, 0.2) is 0 Å². The highest BCUT2D eigenvalue weighted by Gasteiger charge is 2.44. The van der Waals surface area contributed by atoms with Crippen LogP contribution >= 0.6 is 0 Å². The summed E-state index contributed by atoms with van der Waals surface area (Å²) in [7, 11) is 0. The summed E-state index contributed by atoms with van der Waals surface area (Å²) in [6.07, 6.45) is 4.54. The quantitative estimate of drug-likeness (QED) is 0.199. The summed E-state index contributed by atoms with van der Waals surface area (Å²) in [6.45, 7) is 7.68. The van der Waals surface area contributed by atoms with Crippen molar-refractivity contribution in [2.24, 2.45) is 0 Å². The second kappa shape index (κ2) is 15.1. The van der Waals surface area contributed by atoms with E-state index < -0.39 is 29.7 Å². The molecule has 0 spiro atoms. The van der Waals surface area contributed by atoms with Crippen LogP contribution < -0.4 is 25.0 Å². The first kappa shape index (κ1) is 36.2. The van der Waals surface area contributed by atoms with E-state index in [0.717, 1.165) is 71.3 Å². The standard InChI is InChI=1S/C42H44N6O7/c1-42(2,26-3-9-31(10-4-26)54-25-30-17-18-43-41(45-30)47-19-21-53-22-20-47)27-5-11-32(12-6-27)55-33-13-7-28(23-33)44-29-8-14-34-35(24-29)40(52)48(39(34)51)36-15-16-37(49)46-38(36)50/h3-6,8-12,14,17-18,24,28,33,36,44H,7,13,15-16,19-23,25H2,1-2H3,(H,46,49,50). The molecule has 2 saturated heterocycles. The first-order chi connectivity index (χ1) is 26.6. The van der Waals surface area contributed by atoms with Crippen molar-refractivity contribution in [3.05, 3.63) is 107 Å². The lowest BCUT2D eigenvalue weighted by atomic mass is 9.78. The van der Waals surface area contributed by atoms with Crippen molar-refractivity contribution in [3.63, 3.8) is 0 Å². The Balaban J connectivity index is 0.831. The number of carbonyl (C=O) groups is 4. The van der Waals surface area contributed by atoms with Gasteiger partial charge in [0.1, 0.15) is 30.3 Å². The fraction of sp³-hybridized carbons (Fsp3) is 0.381. The van der Waals surface area contributed by atoms with Gasteiger partial charge >= 0.3 is 0 Å². The summed E-state index contributed by atoms with van der Waals surface area (Å²) in [5, 5.41) is 5.74. The summed E-state index contributed by atoms with van der Waals surface area (Å²) in [5.41, 5.74) is 4.15. The highest BCUT2D eigenvalue weighted by molar-refractivity contribution is 6.23. The average molecular weight is 745 g/mol. The van der Waals surface area contributed by atoms with Crippen molar-refractivity contribution >= 4 is 35.3 Å². The molecule has 3 atom stereocenters. The van der Waals surface area contributed by atoms with Crippen LogP contribution in [0.25, 0.3) is 0 Å². The van der Waals surface area contributed by atoms with E-state index in [-0.39, 0.29) is 41.5 Å². The summed E-state index contributed by atoms with van der Waals surface area (Å²) >= 11 is 0. The summed E-state index contributed by atoms with van der Waals surface area (Å²) < 4.78 is 17.9. The smallest absolute Gasteiger partial charge is 0.262 e. The molecule has 1 aromatic heterocycles. The minimum Gasteiger partial charge on any atom is -0.490 e. The highest BCUT2D eigenvalue weighted by atomic mass is 16.5. The van der Waals surface area contributed by atoms with Crippen LogP contribution in [0.3, 0.4) is 0 Å². The van der Waals surface area contributed by atoms with Gasteiger partial charge in [0.05, 0.1) is 30.0 Å². The largest absolute Gasteiger partial charge is 0.490 e. The van der Waals surface area contributed by atoms with Crippen LogP contribution in [0, 0.1) is 0 Å². The maximum atomic E-state index is 13.3. The number of nitrogens with one attached hydrogen (secondary N) is 2. The van der Waals surface area contributed by atoms with E-state index in [1.54, 1.807) is 24.4 Å². The Labute approximate surface area is 319 Å². The van der Waals surface area contributed by atoms with Gasteiger partial charge < -0.3 is 24.4 Å². The molecule has 4 aromatic rings. The van der Waals surface area contributed by atoms with E-state index in [0.29, 0.717) is 25.8 Å². The van der Waals surface area contributed by atoms with Crippen molar-refractivity contribution < 1.29 is 33.4 Å². The van der Waals surface area contributed by atoms with Crippen LogP contribution in [0.2, 0.25) is 0 Å². The predicted molar refractivity (Wildman–Crippen MR) is 203 cm³/mol. The van der Waals surface area contributed by atoms with Gasteiger partial charge in [-0.1, -0.05) is 38.1 Å². The second-order valence-electron chi connectivity index (χ2n) is 15.0. The zero-order valence-electron chi connectivity index (χ0n) is 31.0. The number of amides is 4. The van der Waals surface area contributed by atoms with E-state index in [1.807, 2.05) is 30.3 Å². The molecule has 4 amide bonds. The Bertz CT molecular complexity index is 2100. The van der Waals surface area contributed by atoms with Gasteiger partial charge in [-0.25, -0.2) is 9.97 Å². The molecule has 0 bridgehead atoms. The number of aromatic nitrogens is 2. The minimum atomic E-state index is -0.987. The number of nitrogens with zero attached hydrogens (tertiary/aromatic N) is 4. The SMILES string of the molecule is CC(C)(c1ccc(OCc2ccnc(N3CCOCC3)n2)cc1)c1ccc(OC2CCC(Nc3ccc4c(c3)C(=O)N(C3CCC(=O)NC3=O)C4=O)C2)cc1. The molecule has 8 rings (SSSR count). The second-order valence-corrected chi connectivity index (χ2v) is 15.0. The third-order valence-corrected chi connectivity index (χ3v) is 11.0. The number of rotatable bonds is 11. The minimum absolute atomic E-state index is 0.0258. The van der Waals surface area contributed by atoms with Crippen LogP contribution in [-0.2, 0) is 26.3 Å². The number of hydrogen-bond acceptors (Lipinski definition) is 11. The van der Waals surface area contributed by atoms with E-state index >= 15 is 0 Å². The van der Waals surface area contributed by atoms with Gasteiger partial charge in [-0.15, -0.1) is 0 Å². The monoisotopic (exact) mass is 744 g/mol. The van der Waals surface area contributed by atoms with Crippen molar-refractivity contribution in [3.8, 4) is 11.5 Å². The van der Waals surface area contributed by atoms with E-state index in [1.165, 1.54) is 0 Å². The molecule has 2 N–H and O–H groups in total. The fourth-order valence-electron chi connectivity index (χ4n) is 7.79. The Morgan fingerprint density at radius 3 is 2.29 bits per heavy atom. The zero-order valence-corrected chi connectivity index (χ0v) is 31.0. The van der Waals surface area contributed by atoms with Crippen molar-refractivity contribution in [1.82, 2.24) is 20.2 Å². The van der Waals surface area contributed by atoms with Gasteiger partial charge in [0.25, 0.3) is 11.8 Å². The van der Waals surface area contributed by atoms with Gasteiger partial charge in [-0.05, 0) is 78.9 Å². The van der Waals surface area contributed by atoms with Crippen molar-refractivity contribution in [2.75, 3.05) is 36.5 Å². The van der Waals surface area contributed by atoms with Crippen LogP contribution in [0.15, 0.2) is 79.0 Å². The Morgan fingerprint density at radius 1 is 0.855 bits per heavy atom. The van der Waals surface area contributed by atoms with Gasteiger partial charge in [-0.3, -0.25) is 29.4 Å². The van der Waals surface area contributed by atoms with Gasteiger partial charge in [0, 0.05) is 49.3 Å². The van der Waals surface area contributed by atoms with Crippen LogP contribution in [0.4, 0.5) is 11.6 Å². The van der Waals surface area contributed by atoms with Crippen molar-refractivity contribution in [2.45, 2.75) is 76.2 Å². The molecule has 1 saturated carbocycles. The Morgan fingerprint density at radius 2 is 1.56 bits per heavy atom. The molecule has 3 fully saturated rings. The lowest BCUT2D eigenvalue weighted by Gasteiger charge is -2.27. The summed E-state index contributed by atoms with van der Waals surface area (Å²) in [5.74, 6) is 0.241. The maximum Gasteiger partial charge on any atom is 0.262 e. The molecule has 3 aromatic carbocycles. The molecule has 55 heavy (non-hydrogen) atoms. The number of anilines is 2. The average Bonchev–Trinajstić information content (AvgIpc) is 3.74. The van der Waals surface area contributed by atoms with Crippen LogP contribution in [0.5, 0.6) is 11.5 Å². The summed E-state index contributed by atoms with van der Waals surface area (Å²) in [4.78, 5) is 62.5. The van der Waals surface area contributed by atoms with Gasteiger partial charge in [0.2, 0.25) is 17.8 Å². The number of fused-ring (bicyclic) bond motifs is 1. The third-order valence-electron chi connectivity index (χ3n) is 11.0. The normalized spacial score (nSPS) is 21.4. The molecule has 13 nitrogen and oxygen atoms in total. The number of carbonyl (C=O) groups excluding carboxylic acids is 4.